The molecule has 0 spiro atoms. The number of aromatic nitrogens is 1. The SMILES string of the molecule is Brc1ccc(-c2cccc3ccc4cccnc4c23)cc1. The first-order valence-corrected chi connectivity index (χ1v) is 7.65. The summed E-state index contributed by atoms with van der Waals surface area (Å²) < 4.78 is 1.09. The average molecular weight is 334 g/mol. The molecule has 0 saturated carbocycles. The maximum Gasteiger partial charge on any atom is 0.0786 e. The van der Waals surface area contributed by atoms with Gasteiger partial charge in [-0.2, -0.15) is 0 Å². The fourth-order valence-electron chi connectivity index (χ4n) is 2.78. The summed E-state index contributed by atoms with van der Waals surface area (Å²) in [6.07, 6.45) is 1.86. The first-order valence-electron chi connectivity index (χ1n) is 6.85. The minimum atomic E-state index is 1.06. The highest BCUT2D eigenvalue weighted by atomic mass is 79.9. The topological polar surface area (TPSA) is 12.9 Å². The lowest BCUT2D eigenvalue weighted by atomic mass is 9.96. The number of fused-ring (bicyclic) bond motifs is 3. The van der Waals surface area contributed by atoms with Gasteiger partial charge in [-0.25, -0.2) is 0 Å². The summed E-state index contributed by atoms with van der Waals surface area (Å²) in [5.41, 5.74) is 3.50. The molecule has 0 saturated heterocycles. The maximum absolute atomic E-state index is 4.60. The van der Waals surface area contributed by atoms with E-state index in [4.69, 9.17) is 0 Å². The fourth-order valence-corrected chi connectivity index (χ4v) is 3.05. The standard InChI is InChI=1S/C19H12BrN/c20-16-10-8-13(9-11-16)17-5-1-3-14-6-7-15-4-2-12-21-19(15)18(14)17/h1-12H. The van der Waals surface area contributed by atoms with Gasteiger partial charge >= 0.3 is 0 Å². The van der Waals surface area contributed by atoms with Crippen LogP contribution in [-0.4, -0.2) is 4.98 Å². The highest BCUT2D eigenvalue weighted by molar-refractivity contribution is 9.10. The van der Waals surface area contributed by atoms with E-state index in [2.05, 4.69) is 81.6 Å². The Labute approximate surface area is 131 Å². The Kier molecular flexibility index (Phi) is 2.97. The van der Waals surface area contributed by atoms with Crippen LogP contribution in [0.15, 0.2) is 77.4 Å². The van der Waals surface area contributed by atoms with Crippen LogP contribution in [0.3, 0.4) is 0 Å². The van der Waals surface area contributed by atoms with Gasteiger partial charge < -0.3 is 0 Å². The van der Waals surface area contributed by atoms with E-state index >= 15 is 0 Å². The summed E-state index contributed by atoms with van der Waals surface area (Å²) in [7, 11) is 0. The van der Waals surface area contributed by atoms with Gasteiger partial charge in [-0.3, -0.25) is 4.98 Å². The van der Waals surface area contributed by atoms with Crippen molar-refractivity contribution in [3.63, 3.8) is 0 Å². The Morgan fingerprint density at radius 2 is 1.48 bits per heavy atom. The van der Waals surface area contributed by atoms with Crippen LogP contribution in [0.2, 0.25) is 0 Å². The lowest BCUT2D eigenvalue weighted by molar-refractivity contribution is 1.43. The Morgan fingerprint density at radius 3 is 2.33 bits per heavy atom. The molecule has 4 aromatic rings. The summed E-state index contributed by atoms with van der Waals surface area (Å²) >= 11 is 3.50. The van der Waals surface area contributed by atoms with Gasteiger partial charge in [0.2, 0.25) is 0 Å². The van der Waals surface area contributed by atoms with E-state index < -0.39 is 0 Å². The van der Waals surface area contributed by atoms with Gasteiger partial charge in [-0.05, 0) is 34.7 Å². The summed E-state index contributed by atoms with van der Waals surface area (Å²) in [6, 6.07) is 23.2. The molecule has 0 N–H and O–H groups in total. The third-order valence-corrected chi connectivity index (χ3v) is 4.30. The molecule has 0 atom stereocenters. The maximum atomic E-state index is 4.60. The molecule has 0 unspecified atom stereocenters. The van der Waals surface area contributed by atoms with Crippen LogP contribution in [0.1, 0.15) is 0 Å². The Balaban J connectivity index is 2.13. The molecule has 0 amide bonds. The first kappa shape index (κ1) is 12.5. The molecular formula is C19H12BrN. The van der Waals surface area contributed by atoms with Gasteiger partial charge in [0.1, 0.15) is 0 Å². The molecule has 1 aromatic heterocycles. The van der Waals surface area contributed by atoms with Crippen LogP contribution in [-0.2, 0) is 0 Å². The number of rotatable bonds is 1. The van der Waals surface area contributed by atoms with Gasteiger partial charge in [-0.15, -0.1) is 0 Å². The average Bonchev–Trinajstić information content (AvgIpc) is 2.55. The van der Waals surface area contributed by atoms with E-state index in [0.29, 0.717) is 0 Å². The predicted octanol–water partition coefficient (Wildman–Crippen LogP) is 5.82. The lowest BCUT2D eigenvalue weighted by Gasteiger charge is -2.09. The second-order valence-electron chi connectivity index (χ2n) is 5.05. The third-order valence-electron chi connectivity index (χ3n) is 3.77. The number of pyridine rings is 1. The molecule has 0 fully saturated rings. The van der Waals surface area contributed by atoms with E-state index in [1.165, 1.54) is 27.3 Å². The second-order valence-corrected chi connectivity index (χ2v) is 5.97. The molecule has 0 radical (unpaired) electrons. The molecule has 0 aliphatic rings. The molecule has 0 bridgehead atoms. The number of hydrogen-bond acceptors (Lipinski definition) is 1. The molecule has 0 aliphatic heterocycles. The zero-order valence-electron chi connectivity index (χ0n) is 11.3. The van der Waals surface area contributed by atoms with Crippen molar-refractivity contribution in [2.24, 2.45) is 0 Å². The molecule has 1 heterocycles. The zero-order valence-corrected chi connectivity index (χ0v) is 12.8. The smallest absolute Gasteiger partial charge is 0.0786 e. The van der Waals surface area contributed by atoms with Gasteiger partial charge in [0.25, 0.3) is 0 Å². The predicted molar refractivity (Wildman–Crippen MR) is 92.4 cm³/mol. The fraction of sp³-hybridized carbons (Fsp3) is 0. The largest absolute Gasteiger partial charge is 0.256 e. The van der Waals surface area contributed by atoms with Crippen LogP contribution in [0.5, 0.6) is 0 Å². The van der Waals surface area contributed by atoms with Crippen molar-refractivity contribution in [1.29, 1.82) is 0 Å². The molecule has 1 nitrogen and oxygen atoms in total. The van der Waals surface area contributed by atoms with Crippen molar-refractivity contribution in [3.05, 3.63) is 77.4 Å². The number of benzene rings is 3. The van der Waals surface area contributed by atoms with E-state index in [9.17, 15) is 0 Å². The van der Waals surface area contributed by atoms with Crippen molar-refractivity contribution in [1.82, 2.24) is 4.98 Å². The number of nitrogens with zero attached hydrogens (tertiary/aromatic N) is 1. The van der Waals surface area contributed by atoms with Gasteiger partial charge in [0.15, 0.2) is 0 Å². The lowest BCUT2D eigenvalue weighted by Crippen LogP contribution is -1.85. The van der Waals surface area contributed by atoms with Crippen LogP contribution in [0.25, 0.3) is 32.8 Å². The molecule has 21 heavy (non-hydrogen) atoms. The van der Waals surface area contributed by atoms with E-state index in [-0.39, 0.29) is 0 Å². The van der Waals surface area contributed by atoms with Gasteiger partial charge in [0.05, 0.1) is 5.52 Å². The van der Waals surface area contributed by atoms with Crippen LogP contribution in [0, 0.1) is 0 Å². The van der Waals surface area contributed by atoms with Crippen molar-refractivity contribution in [2.45, 2.75) is 0 Å². The van der Waals surface area contributed by atoms with Crippen LogP contribution < -0.4 is 0 Å². The third kappa shape index (κ3) is 2.12. The quantitative estimate of drug-likeness (QED) is 0.400. The Bertz CT molecular complexity index is 942. The normalized spacial score (nSPS) is 11.1. The highest BCUT2D eigenvalue weighted by Crippen LogP contribution is 2.33. The monoisotopic (exact) mass is 333 g/mol. The van der Waals surface area contributed by atoms with Crippen molar-refractivity contribution < 1.29 is 0 Å². The molecule has 2 heteroatoms. The van der Waals surface area contributed by atoms with E-state index in [0.717, 1.165) is 9.99 Å². The number of hydrogen-bond donors (Lipinski definition) is 0. The van der Waals surface area contributed by atoms with Crippen molar-refractivity contribution in [3.8, 4) is 11.1 Å². The summed E-state index contributed by atoms with van der Waals surface area (Å²) in [6.45, 7) is 0. The first-order chi connectivity index (χ1) is 10.3. The Morgan fingerprint density at radius 1 is 0.714 bits per heavy atom. The number of halogens is 1. The second kappa shape index (κ2) is 4.97. The summed E-state index contributed by atoms with van der Waals surface area (Å²) in [5.74, 6) is 0. The molecule has 3 aromatic carbocycles. The van der Waals surface area contributed by atoms with E-state index in [1.807, 2.05) is 12.3 Å². The van der Waals surface area contributed by atoms with Crippen LogP contribution in [0.4, 0.5) is 0 Å². The summed E-state index contributed by atoms with van der Waals surface area (Å²) in [4.78, 5) is 4.60. The summed E-state index contributed by atoms with van der Waals surface area (Å²) in [5, 5.41) is 3.62. The van der Waals surface area contributed by atoms with E-state index in [1.54, 1.807) is 0 Å². The van der Waals surface area contributed by atoms with Crippen molar-refractivity contribution in [2.75, 3.05) is 0 Å². The molecule has 0 aliphatic carbocycles. The van der Waals surface area contributed by atoms with Crippen LogP contribution >= 0.6 is 15.9 Å². The minimum absolute atomic E-state index is 1.06. The minimum Gasteiger partial charge on any atom is -0.256 e. The van der Waals surface area contributed by atoms with Crippen molar-refractivity contribution >= 4 is 37.6 Å². The molecule has 4 rings (SSSR count). The van der Waals surface area contributed by atoms with Gasteiger partial charge in [-0.1, -0.05) is 64.5 Å². The zero-order chi connectivity index (χ0) is 14.2. The Hall–Kier alpha value is -2.19. The van der Waals surface area contributed by atoms with Gasteiger partial charge in [0, 0.05) is 21.4 Å². The highest BCUT2D eigenvalue weighted by Gasteiger charge is 2.08. The molecule has 100 valence electrons. The molecular weight excluding hydrogens is 322 g/mol.